The average molecular weight is 293 g/mol. The summed E-state index contributed by atoms with van der Waals surface area (Å²) in [5.74, 6) is -0.237. The van der Waals surface area contributed by atoms with Crippen LogP contribution in [0.25, 0.3) is 0 Å². The van der Waals surface area contributed by atoms with Crippen molar-refractivity contribution in [3.05, 3.63) is 59.0 Å². The summed E-state index contributed by atoms with van der Waals surface area (Å²) in [7, 11) is 3.93. The summed E-state index contributed by atoms with van der Waals surface area (Å²) < 4.78 is 4.95. The third kappa shape index (κ3) is 3.62. The van der Waals surface area contributed by atoms with E-state index in [2.05, 4.69) is 5.32 Å². The zero-order valence-electron chi connectivity index (χ0n) is 11.5. The van der Waals surface area contributed by atoms with Gasteiger partial charge in [0.2, 0.25) is 5.22 Å². The molecule has 2 rings (SSSR count). The molecular weight excluding hydrogens is 276 g/mol. The van der Waals surface area contributed by atoms with Crippen LogP contribution in [0.3, 0.4) is 0 Å². The van der Waals surface area contributed by atoms with Crippen molar-refractivity contribution in [1.82, 2.24) is 10.2 Å². The van der Waals surface area contributed by atoms with Gasteiger partial charge >= 0.3 is 0 Å². The first-order valence-electron chi connectivity index (χ1n) is 6.31. The standard InChI is InChI=1S/C15H17ClN2O2/c1-18(2)10-13(11-6-4-3-5-7-11)17-15(19)12-8-9-20-14(12)16/h3-9,13H,10H2,1-2H3,(H,17,19). The van der Waals surface area contributed by atoms with Gasteiger partial charge in [-0.3, -0.25) is 4.79 Å². The van der Waals surface area contributed by atoms with Crippen LogP contribution < -0.4 is 5.32 Å². The minimum atomic E-state index is -0.237. The van der Waals surface area contributed by atoms with Gasteiger partial charge in [-0.1, -0.05) is 30.3 Å². The number of hydrogen-bond acceptors (Lipinski definition) is 3. The summed E-state index contributed by atoms with van der Waals surface area (Å²) >= 11 is 5.83. The molecule has 0 radical (unpaired) electrons. The van der Waals surface area contributed by atoms with Crippen LogP contribution in [0.4, 0.5) is 0 Å². The Labute approximate surface area is 123 Å². The molecule has 4 nitrogen and oxygen atoms in total. The molecule has 1 unspecified atom stereocenters. The molecule has 1 aromatic heterocycles. The van der Waals surface area contributed by atoms with Crippen molar-refractivity contribution in [3.8, 4) is 0 Å². The SMILES string of the molecule is CN(C)CC(NC(=O)c1ccoc1Cl)c1ccccc1. The monoisotopic (exact) mass is 292 g/mol. The number of likely N-dealkylation sites (N-methyl/N-ethyl adjacent to an activating group) is 1. The molecule has 0 fully saturated rings. The van der Waals surface area contributed by atoms with Crippen molar-refractivity contribution in [1.29, 1.82) is 0 Å². The average Bonchev–Trinajstić information content (AvgIpc) is 2.85. The number of nitrogens with one attached hydrogen (secondary N) is 1. The summed E-state index contributed by atoms with van der Waals surface area (Å²) in [6.45, 7) is 0.700. The van der Waals surface area contributed by atoms with Gasteiger partial charge in [-0.2, -0.15) is 0 Å². The second kappa shape index (κ2) is 6.59. The number of carbonyl (C=O) groups excluding carboxylic acids is 1. The maximum atomic E-state index is 12.2. The number of benzene rings is 1. The van der Waals surface area contributed by atoms with Crippen LogP contribution in [0.15, 0.2) is 47.1 Å². The number of halogens is 1. The zero-order valence-corrected chi connectivity index (χ0v) is 12.2. The molecule has 1 N–H and O–H groups in total. The first-order chi connectivity index (χ1) is 9.58. The lowest BCUT2D eigenvalue weighted by Gasteiger charge is -2.22. The molecule has 0 saturated heterocycles. The zero-order chi connectivity index (χ0) is 14.5. The Kier molecular flexibility index (Phi) is 4.82. The van der Waals surface area contributed by atoms with E-state index in [9.17, 15) is 4.79 Å². The molecule has 1 aromatic carbocycles. The third-order valence-electron chi connectivity index (χ3n) is 2.92. The van der Waals surface area contributed by atoms with Gasteiger partial charge in [-0.15, -0.1) is 0 Å². The van der Waals surface area contributed by atoms with Crippen molar-refractivity contribution < 1.29 is 9.21 Å². The number of amides is 1. The van der Waals surface area contributed by atoms with E-state index in [-0.39, 0.29) is 17.2 Å². The van der Waals surface area contributed by atoms with Gasteiger partial charge in [0.1, 0.15) is 0 Å². The highest BCUT2D eigenvalue weighted by atomic mass is 35.5. The first-order valence-corrected chi connectivity index (χ1v) is 6.69. The molecule has 1 atom stereocenters. The van der Waals surface area contributed by atoms with Crippen LogP contribution in [-0.4, -0.2) is 31.4 Å². The smallest absolute Gasteiger partial charge is 0.256 e. The highest BCUT2D eigenvalue weighted by Crippen LogP contribution is 2.19. The molecule has 0 aliphatic carbocycles. The van der Waals surface area contributed by atoms with Gasteiger partial charge in [-0.25, -0.2) is 0 Å². The van der Waals surface area contributed by atoms with Crippen LogP contribution in [-0.2, 0) is 0 Å². The fourth-order valence-corrected chi connectivity index (χ4v) is 2.18. The minimum Gasteiger partial charge on any atom is -0.452 e. The van der Waals surface area contributed by atoms with E-state index in [0.29, 0.717) is 12.1 Å². The van der Waals surface area contributed by atoms with Crippen LogP contribution in [0, 0.1) is 0 Å². The van der Waals surface area contributed by atoms with Crippen LogP contribution in [0.1, 0.15) is 22.0 Å². The quantitative estimate of drug-likeness (QED) is 0.921. The van der Waals surface area contributed by atoms with E-state index in [1.807, 2.05) is 49.3 Å². The number of carbonyl (C=O) groups is 1. The highest BCUT2D eigenvalue weighted by molar-refractivity contribution is 6.32. The molecule has 2 aromatic rings. The molecule has 1 heterocycles. The fourth-order valence-electron chi connectivity index (χ4n) is 1.98. The second-order valence-electron chi connectivity index (χ2n) is 4.81. The maximum absolute atomic E-state index is 12.2. The van der Waals surface area contributed by atoms with Gasteiger partial charge < -0.3 is 14.6 Å². The molecule has 0 saturated carbocycles. The van der Waals surface area contributed by atoms with E-state index >= 15 is 0 Å². The van der Waals surface area contributed by atoms with Gasteiger partial charge in [0, 0.05) is 6.54 Å². The molecule has 0 spiro atoms. The summed E-state index contributed by atoms with van der Waals surface area (Å²) in [6.07, 6.45) is 1.40. The maximum Gasteiger partial charge on any atom is 0.256 e. The predicted octanol–water partition coefficient (Wildman–Crippen LogP) is 2.97. The summed E-state index contributed by atoms with van der Waals surface area (Å²) in [5.41, 5.74) is 1.40. The molecule has 0 aliphatic heterocycles. The van der Waals surface area contributed by atoms with Gasteiger partial charge in [0.15, 0.2) is 0 Å². The van der Waals surface area contributed by atoms with Crippen molar-refractivity contribution in [2.45, 2.75) is 6.04 Å². The largest absolute Gasteiger partial charge is 0.452 e. The number of nitrogens with zero attached hydrogens (tertiary/aromatic N) is 1. The second-order valence-corrected chi connectivity index (χ2v) is 5.15. The van der Waals surface area contributed by atoms with E-state index in [0.717, 1.165) is 5.56 Å². The molecular formula is C15H17ClN2O2. The Balaban J connectivity index is 2.16. The number of furan rings is 1. The van der Waals surface area contributed by atoms with Gasteiger partial charge in [-0.05, 0) is 37.3 Å². The Morgan fingerprint density at radius 1 is 1.30 bits per heavy atom. The lowest BCUT2D eigenvalue weighted by molar-refractivity contribution is 0.0929. The van der Waals surface area contributed by atoms with E-state index in [1.54, 1.807) is 6.07 Å². The van der Waals surface area contributed by atoms with Crippen molar-refractivity contribution in [2.24, 2.45) is 0 Å². The van der Waals surface area contributed by atoms with E-state index in [1.165, 1.54) is 6.26 Å². The molecule has 106 valence electrons. The summed E-state index contributed by atoms with van der Waals surface area (Å²) in [5, 5.41) is 3.09. The topological polar surface area (TPSA) is 45.5 Å². The summed E-state index contributed by atoms with van der Waals surface area (Å²) in [4.78, 5) is 14.2. The van der Waals surface area contributed by atoms with E-state index in [4.69, 9.17) is 16.0 Å². The molecule has 1 amide bonds. The van der Waals surface area contributed by atoms with Crippen molar-refractivity contribution >= 4 is 17.5 Å². The Morgan fingerprint density at radius 2 is 2.00 bits per heavy atom. The van der Waals surface area contributed by atoms with Gasteiger partial charge in [0.25, 0.3) is 5.91 Å². The lowest BCUT2D eigenvalue weighted by Crippen LogP contribution is -2.35. The van der Waals surface area contributed by atoms with E-state index < -0.39 is 0 Å². The van der Waals surface area contributed by atoms with Crippen LogP contribution >= 0.6 is 11.6 Å². The fraction of sp³-hybridized carbons (Fsp3) is 0.267. The lowest BCUT2D eigenvalue weighted by atomic mass is 10.1. The van der Waals surface area contributed by atoms with Crippen LogP contribution in [0.2, 0.25) is 5.22 Å². The third-order valence-corrected chi connectivity index (χ3v) is 3.21. The summed E-state index contributed by atoms with van der Waals surface area (Å²) in [6, 6.07) is 11.3. The Bertz CT molecular complexity index is 566. The first kappa shape index (κ1) is 14.6. The molecule has 0 bridgehead atoms. The normalized spacial score (nSPS) is 12.4. The molecule has 20 heavy (non-hydrogen) atoms. The molecule has 0 aliphatic rings. The predicted molar refractivity (Wildman–Crippen MR) is 78.9 cm³/mol. The van der Waals surface area contributed by atoms with Gasteiger partial charge in [0.05, 0.1) is 17.9 Å². The number of hydrogen-bond donors (Lipinski definition) is 1. The minimum absolute atomic E-state index is 0.107. The Morgan fingerprint density at radius 3 is 2.55 bits per heavy atom. The highest BCUT2D eigenvalue weighted by Gasteiger charge is 2.19. The number of rotatable bonds is 5. The molecule has 5 heteroatoms. The van der Waals surface area contributed by atoms with Crippen molar-refractivity contribution in [2.75, 3.05) is 20.6 Å². The van der Waals surface area contributed by atoms with Crippen molar-refractivity contribution in [3.63, 3.8) is 0 Å². The van der Waals surface area contributed by atoms with Crippen LogP contribution in [0.5, 0.6) is 0 Å². The Hall–Kier alpha value is -1.78.